The Morgan fingerprint density at radius 3 is 2.42 bits per heavy atom. The molecule has 1 saturated carbocycles. The second kappa shape index (κ2) is 8.28. The van der Waals surface area contributed by atoms with Crippen LogP contribution in [0.15, 0.2) is 12.1 Å². The Kier molecular flexibility index (Phi) is 6.36. The highest BCUT2D eigenvalue weighted by molar-refractivity contribution is 7.15. The fourth-order valence-corrected chi connectivity index (χ4v) is 3.71. The van der Waals surface area contributed by atoms with E-state index < -0.39 is 11.5 Å². The fourth-order valence-electron chi connectivity index (χ4n) is 2.97. The molecule has 0 aliphatic heterocycles. The molecule has 1 fully saturated rings. The summed E-state index contributed by atoms with van der Waals surface area (Å²) in [7, 11) is 0. The van der Waals surface area contributed by atoms with Crippen molar-refractivity contribution in [3.05, 3.63) is 21.9 Å². The van der Waals surface area contributed by atoms with Gasteiger partial charge in [-0.15, -0.1) is 11.3 Å². The summed E-state index contributed by atoms with van der Waals surface area (Å²) in [6.07, 6.45) is 5.98. The molecular formula is C17H24N2O4S. The van der Waals surface area contributed by atoms with Gasteiger partial charge in [0.05, 0.1) is 4.88 Å². The molecule has 7 heteroatoms. The molecule has 1 heterocycles. The largest absolute Gasteiger partial charge is 0.477 e. The Morgan fingerprint density at radius 2 is 1.83 bits per heavy atom. The number of aromatic carboxylic acids is 1. The predicted octanol–water partition coefficient (Wildman–Crippen LogP) is 2.80. The number of carbonyl (C=O) groups is 3. The van der Waals surface area contributed by atoms with Crippen LogP contribution in [-0.4, -0.2) is 35.0 Å². The van der Waals surface area contributed by atoms with Gasteiger partial charge in [-0.25, -0.2) is 4.79 Å². The van der Waals surface area contributed by atoms with Crippen molar-refractivity contribution in [2.24, 2.45) is 0 Å². The molecule has 2 rings (SSSR count). The SMILES string of the molecule is CCCCNC(=O)C1(NC(=O)c2ccc(C(=O)O)s2)CCCCC1. The summed E-state index contributed by atoms with van der Waals surface area (Å²) in [5, 5.41) is 14.8. The van der Waals surface area contributed by atoms with E-state index >= 15 is 0 Å². The van der Waals surface area contributed by atoms with Gasteiger partial charge in [-0.3, -0.25) is 9.59 Å². The molecule has 0 saturated heterocycles. The van der Waals surface area contributed by atoms with E-state index in [4.69, 9.17) is 5.11 Å². The van der Waals surface area contributed by atoms with Gasteiger partial charge in [0.15, 0.2) is 0 Å². The Balaban J connectivity index is 2.10. The molecule has 0 aromatic carbocycles. The number of hydrogen-bond acceptors (Lipinski definition) is 4. The van der Waals surface area contributed by atoms with E-state index in [0.29, 0.717) is 24.3 Å². The summed E-state index contributed by atoms with van der Waals surface area (Å²) >= 11 is 0.926. The van der Waals surface area contributed by atoms with E-state index in [1.807, 2.05) is 0 Å². The number of hydrogen-bond donors (Lipinski definition) is 3. The van der Waals surface area contributed by atoms with Crippen LogP contribution in [0.1, 0.15) is 71.2 Å². The van der Waals surface area contributed by atoms with Gasteiger partial charge in [-0.2, -0.15) is 0 Å². The lowest BCUT2D eigenvalue weighted by Crippen LogP contribution is -2.59. The van der Waals surface area contributed by atoms with Gasteiger partial charge in [-0.1, -0.05) is 32.6 Å². The summed E-state index contributed by atoms with van der Waals surface area (Å²) in [4.78, 5) is 36.6. The average Bonchev–Trinajstić information content (AvgIpc) is 3.06. The third kappa shape index (κ3) is 4.35. The standard InChI is InChI=1S/C17H24N2O4S/c1-2-3-11-18-16(23)17(9-5-4-6-10-17)19-14(20)12-7-8-13(24-12)15(21)22/h7-8H,2-6,9-11H2,1H3,(H,18,23)(H,19,20)(H,21,22). The second-order valence-corrected chi connectivity index (χ2v) is 7.26. The van der Waals surface area contributed by atoms with Crippen LogP contribution < -0.4 is 10.6 Å². The highest BCUT2D eigenvalue weighted by atomic mass is 32.1. The maximum atomic E-state index is 12.7. The lowest BCUT2D eigenvalue weighted by molar-refractivity contribution is -0.128. The van der Waals surface area contributed by atoms with Crippen molar-refractivity contribution in [2.45, 2.75) is 57.4 Å². The third-order valence-corrected chi connectivity index (χ3v) is 5.42. The monoisotopic (exact) mass is 352 g/mol. The molecule has 24 heavy (non-hydrogen) atoms. The second-order valence-electron chi connectivity index (χ2n) is 6.18. The number of carboxylic acids is 1. The molecule has 2 amide bonds. The first-order chi connectivity index (χ1) is 11.5. The van der Waals surface area contributed by atoms with Crippen LogP contribution in [0.3, 0.4) is 0 Å². The molecule has 0 radical (unpaired) electrons. The van der Waals surface area contributed by atoms with Crippen LogP contribution in [0.5, 0.6) is 0 Å². The summed E-state index contributed by atoms with van der Waals surface area (Å²) in [5.41, 5.74) is -0.879. The van der Waals surface area contributed by atoms with Gasteiger partial charge in [0.1, 0.15) is 10.4 Å². The predicted molar refractivity (Wildman–Crippen MR) is 92.5 cm³/mol. The molecule has 0 unspecified atom stereocenters. The maximum absolute atomic E-state index is 12.7. The third-order valence-electron chi connectivity index (χ3n) is 4.35. The Hall–Kier alpha value is -1.89. The fraction of sp³-hybridized carbons (Fsp3) is 0.588. The first kappa shape index (κ1) is 18.4. The maximum Gasteiger partial charge on any atom is 0.345 e. The number of nitrogens with one attached hydrogen (secondary N) is 2. The molecule has 0 atom stereocenters. The first-order valence-corrected chi connectivity index (χ1v) is 9.24. The van der Waals surface area contributed by atoms with Gasteiger partial charge in [0.25, 0.3) is 5.91 Å². The first-order valence-electron chi connectivity index (χ1n) is 8.42. The molecule has 1 aliphatic rings. The number of carboxylic acid groups (broad SMARTS) is 1. The lowest BCUT2D eigenvalue weighted by Gasteiger charge is -2.36. The van der Waals surface area contributed by atoms with Gasteiger partial charge in [0.2, 0.25) is 5.91 Å². The van der Waals surface area contributed by atoms with Gasteiger partial charge < -0.3 is 15.7 Å². The zero-order chi connectivity index (χ0) is 17.6. The van der Waals surface area contributed by atoms with Gasteiger partial charge >= 0.3 is 5.97 Å². The number of rotatable bonds is 7. The topological polar surface area (TPSA) is 95.5 Å². The van der Waals surface area contributed by atoms with E-state index in [1.165, 1.54) is 12.1 Å². The summed E-state index contributed by atoms with van der Waals surface area (Å²) in [6.45, 7) is 2.66. The summed E-state index contributed by atoms with van der Waals surface area (Å²) in [5.74, 6) is -1.55. The van der Waals surface area contributed by atoms with E-state index in [1.54, 1.807) is 0 Å². The van der Waals surface area contributed by atoms with Crippen molar-refractivity contribution in [1.82, 2.24) is 10.6 Å². The molecule has 6 nitrogen and oxygen atoms in total. The minimum absolute atomic E-state index is 0.116. The molecule has 0 spiro atoms. The number of thiophene rings is 1. The molecule has 132 valence electrons. The van der Waals surface area contributed by atoms with Gasteiger partial charge in [-0.05, 0) is 31.4 Å². The van der Waals surface area contributed by atoms with E-state index in [2.05, 4.69) is 17.6 Å². The van der Waals surface area contributed by atoms with Crippen molar-refractivity contribution in [3.63, 3.8) is 0 Å². The number of carbonyl (C=O) groups excluding carboxylic acids is 2. The van der Waals surface area contributed by atoms with E-state index in [9.17, 15) is 14.4 Å². The van der Waals surface area contributed by atoms with Crippen LogP contribution >= 0.6 is 11.3 Å². The van der Waals surface area contributed by atoms with Crippen molar-refractivity contribution >= 4 is 29.1 Å². The zero-order valence-electron chi connectivity index (χ0n) is 13.9. The summed E-state index contributed by atoms with van der Waals surface area (Å²) < 4.78 is 0. The molecule has 0 bridgehead atoms. The minimum Gasteiger partial charge on any atom is -0.477 e. The molecule has 1 aromatic heterocycles. The minimum atomic E-state index is -1.05. The Labute approximate surface area is 145 Å². The average molecular weight is 352 g/mol. The van der Waals surface area contributed by atoms with Crippen LogP contribution in [0.2, 0.25) is 0 Å². The van der Waals surface area contributed by atoms with Crippen molar-refractivity contribution in [1.29, 1.82) is 0 Å². The molecular weight excluding hydrogens is 328 g/mol. The molecule has 3 N–H and O–H groups in total. The van der Waals surface area contributed by atoms with Crippen molar-refractivity contribution in [3.8, 4) is 0 Å². The lowest BCUT2D eigenvalue weighted by atomic mass is 9.80. The van der Waals surface area contributed by atoms with E-state index in [-0.39, 0.29) is 16.7 Å². The summed E-state index contributed by atoms with van der Waals surface area (Å²) in [6, 6.07) is 2.91. The van der Waals surface area contributed by atoms with Crippen LogP contribution in [0.25, 0.3) is 0 Å². The highest BCUT2D eigenvalue weighted by Crippen LogP contribution is 2.29. The molecule has 1 aromatic rings. The number of unbranched alkanes of at least 4 members (excludes halogenated alkanes) is 1. The zero-order valence-corrected chi connectivity index (χ0v) is 14.7. The molecule has 1 aliphatic carbocycles. The normalized spacial score (nSPS) is 16.4. The highest BCUT2D eigenvalue weighted by Gasteiger charge is 2.41. The number of amides is 2. The van der Waals surface area contributed by atoms with E-state index in [0.717, 1.165) is 43.4 Å². The van der Waals surface area contributed by atoms with Crippen LogP contribution in [0, 0.1) is 0 Å². The van der Waals surface area contributed by atoms with Gasteiger partial charge in [0, 0.05) is 6.54 Å². The van der Waals surface area contributed by atoms with Crippen molar-refractivity contribution in [2.75, 3.05) is 6.54 Å². The Bertz CT molecular complexity index is 605. The Morgan fingerprint density at radius 1 is 1.17 bits per heavy atom. The van der Waals surface area contributed by atoms with Crippen LogP contribution in [-0.2, 0) is 4.79 Å². The van der Waals surface area contributed by atoms with Crippen molar-refractivity contribution < 1.29 is 19.5 Å². The van der Waals surface area contributed by atoms with Crippen LogP contribution in [0.4, 0.5) is 0 Å². The smallest absolute Gasteiger partial charge is 0.345 e. The quantitative estimate of drug-likeness (QED) is 0.658.